The van der Waals surface area contributed by atoms with Crippen molar-refractivity contribution in [3.8, 4) is 0 Å². The monoisotopic (exact) mass is 364 g/mol. The molecule has 1 aromatic carbocycles. The first-order valence-corrected chi connectivity index (χ1v) is 8.70. The van der Waals surface area contributed by atoms with Crippen molar-refractivity contribution in [1.29, 1.82) is 0 Å². The van der Waals surface area contributed by atoms with Crippen LogP contribution in [0.5, 0.6) is 0 Å². The first kappa shape index (κ1) is 19.8. The van der Waals surface area contributed by atoms with Crippen LogP contribution in [0, 0.1) is 11.7 Å². The Balaban J connectivity index is 1.74. The molecule has 2 rings (SSSR count). The molecule has 0 aliphatic carbocycles. The fourth-order valence-electron chi connectivity index (χ4n) is 2.59. The van der Waals surface area contributed by atoms with Crippen molar-refractivity contribution in [3.63, 3.8) is 0 Å². The minimum absolute atomic E-state index is 0.105. The maximum Gasteiger partial charge on any atom is 0.321 e. The summed E-state index contributed by atoms with van der Waals surface area (Å²) in [6.07, 6.45) is 0. The number of urea groups is 1. The van der Waals surface area contributed by atoms with Gasteiger partial charge >= 0.3 is 6.03 Å². The number of hydrogen-bond donors (Lipinski definition) is 2. The smallest absolute Gasteiger partial charge is 0.321 e. The Morgan fingerprint density at radius 1 is 1.08 bits per heavy atom. The van der Waals surface area contributed by atoms with E-state index in [4.69, 9.17) is 0 Å². The van der Waals surface area contributed by atoms with Gasteiger partial charge < -0.3 is 10.2 Å². The number of amides is 4. The van der Waals surface area contributed by atoms with Crippen molar-refractivity contribution in [2.24, 2.45) is 5.92 Å². The van der Waals surface area contributed by atoms with Gasteiger partial charge in [-0.25, -0.2) is 9.18 Å². The second kappa shape index (κ2) is 9.28. The molecule has 1 heterocycles. The predicted molar refractivity (Wildman–Crippen MR) is 95.1 cm³/mol. The highest BCUT2D eigenvalue weighted by molar-refractivity contribution is 5.95. The molecule has 0 saturated carbocycles. The van der Waals surface area contributed by atoms with E-state index in [0.29, 0.717) is 44.2 Å². The number of carbonyl (C=O) groups excluding carboxylic acids is 3. The number of nitrogens with zero attached hydrogens (tertiary/aromatic N) is 2. The molecule has 0 spiro atoms. The van der Waals surface area contributed by atoms with Gasteiger partial charge in [0.15, 0.2) is 0 Å². The lowest BCUT2D eigenvalue weighted by Crippen LogP contribution is -2.52. The average molecular weight is 364 g/mol. The summed E-state index contributed by atoms with van der Waals surface area (Å²) in [5.74, 6) is -0.593. The van der Waals surface area contributed by atoms with Gasteiger partial charge in [-0.2, -0.15) is 0 Å². The lowest BCUT2D eigenvalue weighted by atomic mass is 10.2. The Morgan fingerprint density at radius 3 is 2.27 bits per heavy atom. The molecule has 142 valence electrons. The molecule has 1 aromatic rings. The highest BCUT2D eigenvalue weighted by Gasteiger charge is 2.23. The van der Waals surface area contributed by atoms with E-state index in [9.17, 15) is 18.8 Å². The second-order valence-electron chi connectivity index (χ2n) is 6.73. The van der Waals surface area contributed by atoms with Gasteiger partial charge in [-0.15, -0.1) is 0 Å². The van der Waals surface area contributed by atoms with Crippen molar-refractivity contribution in [2.75, 3.05) is 39.3 Å². The maximum absolute atomic E-state index is 12.9. The van der Waals surface area contributed by atoms with E-state index in [1.165, 1.54) is 24.3 Å². The number of halogens is 1. The number of hydrogen-bond acceptors (Lipinski definition) is 4. The van der Waals surface area contributed by atoms with Gasteiger partial charge in [0, 0.05) is 38.3 Å². The van der Waals surface area contributed by atoms with Crippen LogP contribution < -0.4 is 10.6 Å². The van der Waals surface area contributed by atoms with Crippen molar-refractivity contribution in [3.05, 3.63) is 35.6 Å². The van der Waals surface area contributed by atoms with E-state index < -0.39 is 6.03 Å². The molecule has 4 amide bonds. The van der Waals surface area contributed by atoms with Crippen LogP contribution in [0.2, 0.25) is 0 Å². The van der Waals surface area contributed by atoms with Crippen LogP contribution in [0.4, 0.5) is 9.18 Å². The van der Waals surface area contributed by atoms with Gasteiger partial charge in [-0.3, -0.25) is 19.8 Å². The maximum atomic E-state index is 12.9. The highest BCUT2D eigenvalue weighted by Crippen LogP contribution is 2.10. The fraction of sp³-hybridized carbons (Fsp3) is 0.500. The third-order valence-corrected chi connectivity index (χ3v) is 4.04. The van der Waals surface area contributed by atoms with Crippen LogP contribution in [0.1, 0.15) is 24.2 Å². The van der Waals surface area contributed by atoms with E-state index in [-0.39, 0.29) is 24.2 Å². The summed E-state index contributed by atoms with van der Waals surface area (Å²) in [6.45, 7) is 6.56. The van der Waals surface area contributed by atoms with Crippen molar-refractivity contribution < 1.29 is 18.8 Å². The summed E-state index contributed by atoms with van der Waals surface area (Å²) in [5, 5.41) is 4.93. The number of carbonyl (C=O) groups is 3. The molecule has 0 aromatic heterocycles. The molecule has 0 unspecified atom stereocenters. The minimum Gasteiger partial charge on any atom is -0.338 e. The summed E-state index contributed by atoms with van der Waals surface area (Å²) >= 11 is 0. The quantitative estimate of drug-likeness (QED) is 0.819. The number of piperazine rings is 1. The van der Waals surface area contributed by atoms with E-state index in [2.05, 4.69) is 10.6 Å². The summed E-state index contributed by atoms with van der Waals surface area (Å²) < 4.78 is 12.9. The largest absolute Gasteiger partial charge is 0.338 e. The predicted octanol–water partition coefficient (Wildman–Crippen LogP) is 1.07. The fourth-order valence-corrected chi connectivity index (χ4v) is 2.59. The Labute approximate surface area is 152 Å². The molecule has 26 heavy (non-hydrogen) atoms. The van der Waals surface area contributed by atoms with Crippen LogP contribution in [-0.2, 0) is 4.79 Å². The Kier molecular flexibility index (Phi) is 7.08. The number of rotatable bonds is 5. The molecule has 1 aliphatic heterocycles. The Hall–Kier alpha value is -2.48. The third-order valence-electron chi connectivity index (χ3n) is 4.04. The molecule has 0 bridgehead atoms. The zero-order chi connectivity index (χ0) is 19.1. The number of benzene rings is 1. The number of imide groups is 1. The average Bonchev–Trinajstić information content (AvgIpc) is 2.60. The van der Waals surface area contributed by atoms with Crippen LogP contribution in [0.3, 0.4) is 0 Å². The lowest BCUT2D eigenvalue weighted by Gasteiger charge is -2.34. The first-order valence-electron chi connectivity index (χ1n) is 8.70. The molecule has 1 fully saturated rings. The zero-order valence-corrected chi connectivity index (χ0v) is 15.1. The van der Waals surface area contributed by atoms with Gasteiger partial charge in [0.05, 0.1) is 6.54 Å². The summed E-state index contributed by atoms with van der Waals surface area (Å²) in [6, 6.07) is 4.96. The molecule has 7 nitrogen and oxygen atoms in total. The van der Waals surface area contributed by atoms with E-state index in [0.717, 1.165) is 0 Å². The number of nitrogens with one attached hydrogen (secondary N) is 2. The van der Waals surface area contributed by atoms with Gasteiger partial charge in [0.1, 0.15) is 5.82 Å². The van der Waals surface area contributed by atoms with Gasteiger partial charge in [0.2, 0.25) is 5.91 Å². The first-order chi connectivity index (χ1) is 12.3. The molecule has 1 saturated heterocycles. The standard InChI is InChI=1S/C18H25FN4O3/c1-13(2)11-20-18(26)21-16(24)12-22-7-9-23(10-8-22)17(25)14-3-5-15(19)6-4-14/h3-6,13H,7-12H2,1-2H3,(H2,20,21,24,26). The lowest BCUT2D eigenvalue weighted by molar-refractivity contribution is -0.121. The zero-order valence-electron chi connectivity index (χ0n) is 15.1. The minimum atomic E-state index is -0.492. The molecule has 0 radical (unpaired) electrons. The summed E-state index contributed by atoms with van der Waals surface area (Å²) in [4.78, 5) is 39.4. The Morgan fingerprint density at radius 2 is 1.69 bits per heavy atom. The normalized spacial score (nSPS) is 15.0. The summed E-state index contributed by atoms with van der Waals surface area (Å²) in [7, 11) is 0. The van der Waals surface area contributed by atoms with E-state index in [1.54, 1.807) is 4.90 Å². The Bertz CT molecular complexity index is 640. The summed E-state index contributed by atoms with van der Waals surface area (Å²) in [5.41, 5.74) is 0.444. The second-order valence-corrected chi connectivity index (χ2v) is 6.73. The van der Waals surface area contributed by atoms with E-state index in [1.807, 2.05) is 18.7 Å². The van der Waals surface area contributed by atoms with Gasteiger partial charge in [-0.05, 0) is 30.2 Å². The van der Waals surface area contributed by atoms with Crippen molar-refractivity contribution in [2.45, 2.75) is 13.8 Å². The van der Waals surface area contributed by atoms with Crippen LogP contribution >= 0.6 is 0 Å². The molecule has 0 atom stereocenters. The molecular formula is C18H25FN4O3. The van der Waals surface area contributed by atoms with Crippen LogP contribution in [-0.4, -0.2) is 66.9 Å². The SMILES string of the molecule is CC(C)CNC(=O)NC(=O)CN1CCN(C(=O)c2ccc(F)cc2)CC1. The van der Waals surface area contributed by atoms with Crippen molar-refractivity contribution in [1.82, 2.24) is 20.4 Å². The van der Waals surface area contributed by atoms with Crippen LogP contribution in [0.15, 0.2) is 24.3 Å². The molecular weight excluding hydrogens is 339 g/mol. The highest BCUT2D eigenvalue weighted by atomic mass is 19.1. The van der Waals surface area contributed by atoms with Crippen molar-refractivity contribution >= 4 is 17.8 Å². The topological polar surface area (TPSA) is 81.8 Å². The molecule has 1 aliphatic rings. The molecule has 2 N–H and O–H groups in total. The van der Waals surface area contributed by atoms with Gasteiger partial charge in [0.25, 0.3) is 5.91 Å². The third kappa shape index (κ3) is 6.11. The van der Waals surface area contributed by atoms with Gasteiger partial charge in [-0.1, -0.05) is 13.8 Å². The van der Waals surface area contributed by atoms with E-state index >= 15 is 0 Å². The van der Waals surface area contributed by atoms with Crippen LogP contribution in [0.25, 0.3) is 0 Å². The molecule has 8 heteroatoms.